The molecule has 0 saturated heterocycles. The van der Waals surface area contributed by atoms with Gasteiger partial charge >= 0.3 is 0 Å². The van der Waals surface area contributed by atoms with Crippen molar-refractivity contribution < 1.29 is 0 Å². The van der Waals surface area contributed by atoms with E-state index in [0.29, 0.717) is 0 Å². The molecular formula is C5H10S2. The number of rotatable bonds is 2. The largest absolute Gasteiger partial charge is 0.158 e. The fourth-order valence-electron chi connectivity index (χ4n) is 0.144. The third-order valence-electron chi connectivity index (χ3n) is 0.847. The van der Waals surface area contributed by atoms with Crippen molar-refractivity contribution in [2.24, 2.45) is 0 Å². The molecule has 0 spiro atoms. The van der Waals surface area contributed by atoms with Crippen LogP contribution in [-0.2, 0) is 0 Å². The second-order valence-corrected chi connectivity index (χ2v) is 3.39. The summed E-state index contributed by atoms with van der Waals surface area (Å²) in [4.78, 5) is 0. The molecule has 0 aliphatic carbocycles. The van der Waals surface area contributed by atoms with E-state index in [9.17, 15) is 0 Å². The molecule has 7 heavy (non-hydrogen) atoms. The van der Waals surface area contributed by atoms with Gasteiger partial charge < -0.3 is 0 Å². The van der Waals surface area contributed by atoms with Crippen LogP contribution in [0.5, 0.6) is 0 Å². The van der Waals surface area contributed by atoms with Crippen molar-refractivity contribution >= 4 is 25.3 Å². The van der Waals surface area contributed by atoms with Crippen molar-refractivity contribution in [1.29, 1.82) is 0 Å². The van der Waals surface area contributed by atoms with E-state index in [1.807, 2.05) is 6.92 Å². The molecule has 0 amide bonds. The van der Waals surface area contributed by atoms with Gasteiger partial charge in [0.25, 0.3) is 0 Å². The highest BCUT2D eigenvalue weighted by molar-refractivity contribution is 8.00. The quantitative estimate of drug-likeness (QED) is 0.323. The summed E-state index contributed by atoms with van der Waals surface area (Å²) in [5, 5.41) is 0. The predicted octanol–water partition coefficient (Wildman–Crippen LogP) is 2.14. The molecule has 0 heterocycles. The van der Waals surface area contributed by atoms with E-state index in [0.717, 1.165) is 6.42 Å². The maximum atomic E-state index is 4.13. The highest BCUT2D eigenvalue weighted by Gasteiger charge is 2.09. The lowest BCUT2D eigenvalue weighted by Gasteiger charge is -2.12. The minimum Gasteiger partial charge on any atom is -0.158 e. The van der Waals surface area contributed by atoms with Gasteiger partial charge in [-0.25, -0.2) is 0 Å². The number of hydrogen-bond acceptors (Lipinski definition) is 2. The molecule has 42 valence electrons. The topological polar surface area (TPSA) is 0 Å². The summed E-state index contributed by atoms with van der Waals surface area (Å²) < 4.78 is -0.264. The van der Waals surface area contributed by atoms with Crippen molar-refractivity contribution in [2.75, 3.05) is 0 Å². The van der Waals surface area contributed by atoms with E-state index in [1.54, 1.807) is 6.08 Å². The average molecular weight is 134 g/mol. The summed E-state index contributed by atoms with van der Waals surface area (Å²) in [7, 11) is 0. The molecule has 0 fully saturated rings. The Kier molecular flexibility index (Phi) is 2.84. The van der Waals surface area contributed by atoms with Gasteiger partial charge in [0.15, 0.2) is 0 Å². The van der Waals surface area contributed by atoms with Gasteiger partial charge in [0.05, 0.1) is 4.08 Å². The smallest absolute Gasteiger partial charge is 0.0727 e. The van der Waals surface area contributed by atoms with Crippen molar-refractivity contribution in [2.45, 2.75) is 17.4 Å². The Labute approximate surface area is 55.8 Å². The van der Waals surface area contributed by atoms with Gasteiger partial charge in [0, 0.05) is 0 Å². The van der Waals surface area contributed by atoms with Crippen LogP contribution in [-0.4, -0.2) is 4.08 Å². The maximum Gasteiger partial charge on any atom is 0.0727 e. The Balaban J connectivity index is 3.58. The molecule has 2 heteroatoms. The summed E-state index contributed by atoms with van der Waals surface area (Å²) in [6, 6.07) is 0. The van der Waals surface area contributed by atoms with Crippen molar-refractivity contribution in [3.8, 4) is 0 Å². The molecule has 0 nitrogen and oxygen atoms in total. The molecule has 0 unspecified atom stereocenters. The van der Waals surface area contributed by atoms with Gasteiger partial charge in [-0.15, -0.1) is 6.58 Å². The third kappa shape index (κ3) is 3.06. The molecule has 0 N–H and O–H groups in total. The van der Waals surface area contributed by atoms with Gasteiger partial charge in [0.1, 0.15) is 0 Å². The maximum absolute atomic E-state index is 4.13. The Morgan fingerprint density at radius 1 is 1.71 bits per heavy atom. The van der Waals surface area contributed by atoms with Gasteiger partial charge in [-0.05, 0) is 6.42 Å². The first kappa shape index (κ1) is 7.44. The van der Waals surface area contributed by atoms with Crippen LogP contribution in [0.4, 0.5) is 0 Å². The second kappa shape index (κ2) is 2.68. The zero-order chi connectivity index (χ0) is 5.91. The Morgan fingerprint density at radius 3 is 2.14 bits per heavy atom. The fraction of sp³-hybridized carbons (Fsp3) is 0.600. The predicted molar refractivity (Wildman–Crippen MR) is 41.2 cm³/mol. The van der Waals surface area contributed by atoms with E-state index >= 15 is 0 Å². The summed E-state index contributed by atoms with van der Waals surface area (Å²) in [6.07, 6.45) is 2.63. The van der Waals surface area contributed by atoms with Crippen molar-refractivity contribution in [1.82, 2.24) is 0 Å². The Hall–Kier alpha value is 0.440. The molecule has 0 aromatic rings. The summed E-state index contributed by atoms with van der Waals surface area (Å²) in [6.45, 7) is 5.57. The lowest BCUT2D eigenvalue weighted by Crippen LogP contribution is -2.04. The van der Waals surface area contributed by atoms with Crippen molar-refractivity contribution in [3.63, 3.8) is 0 Å². The molecule has 0 rings (SSSR count). The molecule has 0 radical (unpaired) electrons. The normalized spacial score (nSPS) is 11.3. The lowest BCUT2D eigenvalue weighted by molar-refractivity contribution is 0.936. The van der Waals surface area contributed by atoms with Crippen LogP contribution < -0.4 is 0 Å². The lowest BCUT2D eigenvalue weighted by atomic mass is 10.3. The van der Waals surface area contributed by atoms with Crippen LogP contribution in [0, 0.1) is 0 Å². The molecule has 0 aliphatic rings. The average Bonchev–Trinajstić information content (AvgIpc) is 1.68. The fourth-order valence-corrected chi connectivity index (χ4v) is 0.144. The molecule has 0 aromatic heterocycles. The van der Waals surface area contributed by atoms with E-state index in [1.165, 1.54) is 0 Å². The van der Waals surface area contributed by atoms with Crippen LogP contribution in [0.1, 0.15) is 13.3 Å². The molecular weight excluding hydrogens is 124 g/mol. The van der Waals surface area contributed by atoms with Crippen LogP contribution in [0.2, 0.25) is 0 Å². The summed E-state index contributed by atoms with van der Waals surface area (Å²) >= 11 is 8.27. The van der Waals surface area contributed by atoms with E-state index in [-0.39, 0.29) is 4.08 Å². The zero-order valence-corrected chi connectivity index (χ0v) is 6.17. The van der Waals surface area contributed by atoms with Crippen LogP contribution in [0.15, 0.2) is 12.7 Å². The highest BCUT2D eigenvalue weighted by Crippen LogP contribution is 2.23. The third-order valence-corrected chi connectivity index (χ3v) is 1.84. The molecule has 0 saturated carbocycles. The monoisotopic (exact) mass is 134 g/mol. The second-order valence-electron chi connectivity index (χ2n) is 1.44. The Bertz CT molecular complexity index is 66.5. The standard InChI is InChI=1S/C5H10S2/c1-3-5(6,7)4-2/h3,6-7H,1,4H2,2H3. The SMILES string of the molecule is C=CC(S)(S)CC. The molecule has 0 aromatic carbocycles. The van der Waals surface area contributed by atoms with Gasteiger partial charge in [-0.2, -0.15) is 25.3 Å². The minimum atomic E-state index is -0.264. The number of hydrogen-bond donors (Lipinski definition) is 2. The van der Waals surface area contributed by atoms with Crippen molar-refractivity contribution in [3.05, 3.63) is 12.7 Å². The summed E-state index contributed by atoms with van der Waals surface area (Å²) in [5.74, 6) is 0. The zero-order valence-electron chi connectivity index (χ0n) is 4.39. The minimum absolute atomic E-state index is 0.264. The first-order valence-electron chi connectivity index (χ1n) is 2.20. The Morgan fingerprint density at radius 2 is 2.14 bits per heavy atom. The van der Waals surface area contributed by atoms with Crippen LogP contribution >= 0.6 is 25.3 Å². The van der Waals surface area contributed by atoms with E-state index < -0.39 is 0 Å². The van der Waals surface area contributed by atoms with Gasteiger partial charge in [-0.3, -0.25) is 0 Å². The van der Waals surface area contributed by atoms with Crippen LogP contribution in [0.25, 0.3) is 0 Å². The highest BCUT2D eigenvalue weighted by atomic mass is 32.2. The summed E-state index contributed by atoms with van der Waals surface area (Å²) in [5.41, 5.74) is 0. The first-order chi connectivity index (χ1) is 3.12. The first-order valence-corrected chi connectivity index (χ1v) is 3.10. The van der Waals surface area contributed by atoms with Gasteiger partial charge in [0.2, 0.25) is 0 Å². The van der Waals surface area contributed by atoms with Crippen LogP contribution in [0.3, 0.4) is 0 Å². The molecule has 0 aliphatic heterocycles. The molecule has 0 bridgehead atoms. The van der Waals surface area contributed by atoms with E-state index in [4.69, 9.17) is 0 Å². The van der Waals surface area contributed by atoms with Gasteiger partial charge in [-0.1, -0.05) is 13.0 Å². The number of thiol groups is 2. The van der Waals surface area contributed by atoms with E-state index in [2.05, 4.69) is 31.8 Å². The molecule has 0 atom stereocenters.